The van der Waals surface area contributed by atoms with Gasteiger partial charge in [-0.1, -0.05) is 80.2 Å². The third-order valence-corrected chi connectivity index (χ3v) is 7.29. The number of amides is 2. The quantitative estimate of drug-likeness (QED) is 0.198. The highest BCUT2D eigenvalue weighted by Gasteiger charge is 2.17. The number of nitrogen functional groups attached to an aromatic ring is 1. The van der Waals surface area contributed by atoms with E-state index >= 15 is 0 Å². The van der Waals surface area contributed by atoms with Gasteiger partial charge >= 0.3 is 0 Å². The molecule has 0 radical (unpaired) electrons. The predicted molar refractivity (Wildman–Crippen MR) is 179 cm³/mol. The number of unbranched alkanes of at least 4 members (excludes halogenated alkanes) is 2. The summed E-state index contributed by atoms with van der Waals surface area (Å²) in [7, 11) is 0. The maximum Gasteiger partial charge on any atom is 0.220 e. The summed E-state index contributed by atoms with van der Waals surface area (Å²) in [6, 6.07) is 8.02. The van der Waals surface area contributed by atoms with Gasteiger partial charge in [0.1, 0.15) is 11.3 Å². The first-order chi connectivity index (χ1) is 21.5. The number of allylic oxidation sites excluding steroid dienone is 9. The van der Waals surface area contributed by atoms with Crippen molar-refractivity contribution in [1.82, 2.24) is 25.2 Å². The third kappa shape index (κ3) is 9.29. The van der Waals surface area contributed by atoms with Crippen LogP contribution in [0.1, 0.15) is 51.3 Å². The van der Waals surface area contributed by atoms with E-state index in [4.69, 9.17) is 16.5 Å². The van der Waals surface area contributed by atoms with Crippen molar-refractivity contribution in [3.05, 3.63) is 102 Å². The molecular formula is C35H43N7O2. The molecule has 1 aliphatic rings. The monoisotopic (exact) mass is 593 g/mol. The molecular weight excluding hydrogens is 550 g/mol. The molecule has 0 unspecified atom stereocenters. The van der Waals surface area contributed by atoms with E-state index in [0.29, 0.717) is 24.6 Å². The smallest absolute Gasteiger partial charge is 0.220 e. The number of pyridine rings is 1. The SMILES string of the molecule is CCCCc1nc2c(N)nc3ccccc3c2n1CCCCNC(=O)CCC(=O)NCC1=C\C=C/C=C\C=C/C(N)=C\C=C1. The summed E-state index contributed by atoms with van der Waals surface area (Å²) in [6.07, 6.45) is 23.7. The molecule has 0 bridgehead atoms. The molecule has 0 fully saturated rings. The normalized spacial score (nSPS) is 16.8. The molecule has 0 saturated carbocycles. The van der Waals surface area contributed by atoms with E-state index in [1.54, 1.807) is 6.08 Å². The number of nitrogens with two attached hydrogens (primary N) is 2. The zero-order chi connectivity index (χ0) is 31.1. The Bertz CT molecular complexity index is 1640. The molecule has 0 spiro atoms. The number of anilines is 1. The number of aryl methyl sites for hydroxylation is 2. The average Bonchev–Trinajstić information content (AvgIpc) is 3.38. The van der Waals surface area contributed by atoms with E-state index in [2.05, 4.69) is 33.2 Å². The number of imidazole rings is 1. The minimum Gasteiger partial charge on any atom is -0.399 e. The van der Waals surface area contributed by atoms with E-state index in [9.17, 15) is 9.59 Å². The molecule has 2 amide bonds. The Morgan fingerprint density at radius 3 is 2.45 bits per heavy atom. The lowest BCUT2D eigenvalue weighted by molar-refractivity contribution is -0.126. The molecule has 1 aromatic carbocycles. The van der Waals surface area contributed by atoms with Crippen molar-refractivity contribution in [3.63, 3.8) is 0 Å². The van der Waals surface area contributed by atoms with Gasteiger partial charge in [0.25, 0.3) is 0 Å². The Morgan fingerprint density at radius 2 is 1.61 bits per heavy atom. The summed E-state index contributed by atoms with van der Waals surface area (Å²) in [5.74, 6) is 1.18. The summed E-state index contributed by atoms with van der Waals surface area (Å²) >= 11 is 0. The van der Waals surface area contributed by atoms with E-state index in [1.165, 1.54) is 0 Å². The molecule has 4 rings (SSSR count). The summed E-state index contributed by atoms with van der Waals surface area (Å²) in [6.45, 7) is 3.85. The molecule has 3 aromatic rings. The highest BCUT2D eigenvalue weighted by atomic mass is 16.2. The molecule has 0 saturated heterocycles. The number of hydrogen-bond acceptors (Lipinski definition) is 6. The van der Waals surface area contributed by atoms with Gasteiger partial charge in [-0.25, -0.2) is 9.97 Å². The predicted octanol–water partition coefficient (Wildman–Crippen LogP) is 5.31. The first-order valence-corrected chi connectivity index (χ1v) is 15.4. The van der Waals surface area contributed by atoms with Crippen LogP contribution in [-0.4, -0.2) is 39.4 Å². The minimum absolute atomic E-state index is 0.128. The number of para-hydroxylation sites is 1. The van der Waals surface area contributed by atoms with E-state index in [0.717, 1.165) is 72.0 Å². The number of hydrogen-bond donors (Lipinski definition) is 4. The lowest BCUT2D eigenvalue weighted by Gasteiger charge is -2.11. The molecule has 2 aromatic heterocycles. The summed E-state index contributed by atoms with van der Waals surface area (Å²) in [4.78, 5) is 34.3. The lowest BCUT2D eigenvalue weighted by atomic mass is 10.1. The van der Waals surface area contributed by atoms with Crippen molar-refractivity contribution >= 4 is 39.6 Å². The highest BCUT2D eigenvalue weighted by molar-refractivity contribution is 6.06. The molecule has 1 aliphatic carbocycles. The fourth-order valence-corrected chi connectivity index (χ4v) is 4.95. The van der Waals surface area contributed by atoms with Gasteiger partial charge in [0, 0.05) is 50.0 Å². The van der Waals surface area contributed by atoms with Crippen LogP contribution in [0.3, 0.4) is 0 Å². The highest BCUT2D eigenvalue weighted by Crippen LogP contribution is 2.29. The van der Waals surface area contributed by atoms with Crippen molar-refractivity contribution in [2.45, 2.75) is 58.4 Å². The number of carbonyl (C=O) groups excluding carboxylic acids is 2. The summed E-state index contributed by atoms with van der Waals surface area (Å²) in [5, 5.41) is 6.90. The van der Waals surface area contributed by atoms with Crippen molar-refractivity contribution in [2.75, 3.05) is 18.8 Å². The molecule has 9 nitrogen and oxygen atoms in total. The standard InChI is InChI=1S/C35H43N7O2/c1-2-3-20-30-41-33-34(28-18-9-10-19-29(28)40-35(33)37)42(30)24-12-11-23-38-31(43)21-22-32(44)39-25-26-14-7-5-4-6-8-16-27(36)17-13-15-26/h4-10,13-19H,2-3,11-12,20-25,36H2,1H3,(H2,37,40)(H,38,43)(H,39,44)/b5-4?,6-4-,7-5-,8-6?,14-7?,15-13?,16-8-,17-13?,26-14?,26-15?,27-16?,27-17+. The summed E-state index contributed by atoms with van der Waals surface area (Å²) < 4.78 is 2.28. The second-order valence-corrected chi connectivity index (χ2v) is 10.7. The maximum absolute atomic E-state index is 12.4. The van der Waals surface area contributed by atoms with Crippen LogP contribution in [0.15, 0.2) is 96.3 Å². The van der Waals surface area contributed by atoms with Crippen molar-refractivity contribution in [1.29, 1.82) is 0 Å². The number of nitrogens with zero attached hydrogens (tertiary/aromatic N) is 3. The number of carbonyl (C=O) groups is 2. The molecule has 44 heavy (non-hydrogen) atoms. The topological polar surface area (TPSA) is 141 Å². The minimum atomic E-state index is -0.171. The number of nitrogens with one attached hydrogen (secondary N) is 2. The van der Waals surface area contributed by atoms with Crippen LogP contribution in [0.2, 0.25) is 0 Å². The maximum atomic E-state index is 12.4. The number of rotatable bonds is 13. The molecule has 230 valence electrons. The van der Waals surface area contributed by atoms with Gasteiger partial charge in [-0.2, -0.15) is 0 Å². The molecule has 9 heteroatoms. The van der Waals surface area contributed by atoms with Gasteiger partial charge in [-0.3, -0.25) is 9.59 Å². The average molecular weight is 594 g/mol. The lowest BCUT2D eigenvalue weighted by Crippen LogP contribution is -2.29. The van der Waals surface area contributed by atoms with Crippen molar-refractivity contribution in [3.8, 4) is 0 Å². The van der Waals surface area contributed by atoms with Crippen LogP contribution >= 0.6 is 0 Å². The van der Waals surface area contributed by atoms with Gasteiger partial charge in [0.15, 0.2) is 5.82 Å². The van der Waals surface area contributed by atoms with Gasteiger partial charge in [-0.15, -0.1) is 0 Å². The van der Waals surface area contributed by atoms with Crippen LogP contribution in [0.25, 0.3) is 21.9 Å². The van der Waals surface area contributed by atoms with Crippen LogP contribution in [0.5, 0.6) is 0 Å². The number of fused-ring (bicyclic) bond motifs is 3. The van der Waals surface area contributed by atoms with Crippen LogP contribution in [0.4, 0.5) is 5.82 Å². The van der Waals surface area contributed by atoms with Gasteiger partial charge < -0.3 is 26.7 Å². The van der Waals surface area contributed by atoms with Crippen molar-refractivity contribution in [2.24, 2.45) is 5.73 Å². The number of aromatic nitrogens is 3. The molecule has 0 aliphatic heterocycles. The Labute approximate surface area is 259 Å². The summed E-state index contributed by atoms with van der Waals surface area (Å²) in [5.41, 5.74) is 16.4. The fourth-order valence-electron chi connectivity index (χ4n) is 4.95. The molecule has 2 heterocycles. The first-order valence-electron chi connectivity index (χ1n) is 15.4. The van der Waals surface area contributed by atoms with E-state index in [-0.39, 0.29) is 24.7 Å². The van der Waals surface area contributed by atoms with Crippen molar-refractivity contribution < 1.29 is 9.59 Å². The van der Waals surface area contributed by atoms with E-state index < -0.39 is 0 Å². The second-order valence-electron chi connectivity index (χ2n) is 10.7. The molecule has 6 N–H and O–H groups in total. The fraction of sp³-hybridized carbons (Fsp3) is 0.314. The van der Waals surface area contributed by atoms with Gasteiger partial charge in [0.05, 0.1) is 11.0 Å². The second kappa shape index (κ2) is 16.6. The third-order valence-electron chi connectivity index (χ3n) is 7.29. The Kier molecular flexibility index (Phi) is 12.1. The molecule has 0 atom stereocenters. The Hall–Kier alpha value is -4.92. The van der Waals surface area contributed by atoms with Gasteiger partial charge in [0.2, 0.25) is 11.8 Å². The van der Waals surface area contributed by atoms with Crippen LogP contribution < -0.4 is 22.1 Å². The number of benzene rings is 1. The van der Waals surface area contributed by atoms with Crippen LogP contribution in [-0.2, 0) is 22.6 Å². The Balaban J connectivity index is 1.23. The van der Waals surface area contributed by atoms with Crippen LogP contribution in [0, 0.1) is 0 Å². The largest absolute Gasteiger partial charge is 0.399 e. The Morgan fingerprint density at radius 1 is 0.841 bits per heavy atom. The first kappa shape index (κ1) is 32.0. The zero-order valence-electron chi connectivity index (χ0n) is 25.5. The van der Waals surface area contributed by atoms with Gasteiger partial charge in [-0.05, 0) is 43.1 Å². The van der Waals surface area contributed by atoms with E-state index in [1.807, 2.05) is 72.9 Å². The zero-order valence-corrected chi connectivity index (χ0v) is 25.5.